The fraction of sp³-hybridized carbons (Fsp3) is 0.471. The van der Waals surface area contributed by atoms with Crippen molar-refractivity contribution in [3.63, 3.8) is 0 Å². The molecule has 0 atom stereocenters. The zero-order valence-corrected chi connectivity index (χ0v) is 13.2. The summed E-state index contributed by atoms with van der Waals surface area (Å²) in [7, 11) is 0. The molecule has 112 valence electrons. The normalized spacial score (nSPS) is 15.7. The van der Waals surface area contributed by atoms with E-state index in [2.05, 4.69) is 11.5 Å². The van der Waals surface area contributed by atoms with Gasteiger partial charge in [0.2, 0.25) is 0 Å². The smallest absolute Gasteiger partial charge is 0.131 e. The number of hydrogen-bond donors (Lipinski definition) is 1. The second-order valence-electron chi connectivity index (χ2n) is 5.82. The van der Waals surface area contributed by atoms with Crippen LogP contribution in [0.2, 0.25) is 5.02 Å². The van der Waals surface area contributed by atoms with Gasteiger partial charge in [-0.15, -0.1) is 0 Å². The van der Waals surface area contributed by atoms with Crippen LogP contribution < -0.4 is 5.73 Å². The Bertz CT molecular complexity index is 627. The summed E-state index contributed by atoms with van der Waals surface area (Å²) >= 11 is 6.32. The Labute approximate surface area is 131 Å². The minimum absolute atomic E-state index is 0.551. The second-order valence-corrected chi connectivity index (χ2v) is 6.22. The first-order valence-electron chi connectivity index (χ1n) is 7.83. The molecule has 1 aromatic heterocycles. The Morgan fingerprint density at radius 2 is 2.00 bits per heavy atom. The van der Waals surface area contributed by atoms with Gasteiger partial charge < -0.3 is 10.3 Å². The lowest BCUT2D eigenvalue weighted by molar-refractivity contribution is 0.579. The third kappa shape index (κ3) is 2.67. The van der Waals surface area contributed by atoms with Gasteiger partial charge in [-0.1, -0.05) is 49.6 Å². The molecule has 0 radical (unpaired) electrons. The maximum absolute atomic E-state index is 6.40. The molecule has 1 aliphatic rings. The first-order chi connectivity index (χ1) is 10.2. The molecule has 3 nitrogen and oxygen atoms in total. The van der Waals surface area contributed by atoms with Gasteiger partial charge in [0, 0.05) is 18.0 Å². The van der Waals surface area contributed by atoms with E-state index in [1.807, 2.05) is 24.3 Å². The van der Waals surface area contributed by atoms with Gasteiger partial charge in [0.25, 0.3) is 0 Å². The largest absolute Gasteiger partial charge is 0.383 e. The third-order valence-corrected chi connectivity index (χ3v) is 4.66. The highest BCUT2D eigenvalue weighted by Crippen LogP contribution is 2.39. The maximum Gasteiger partial charge on any atom is 0.131 e. The van der Waals surface area contributed by atoms with Crippen molar-refractivity contribution in [1.82, 2.24) is 9.55 Å². The van der Waals surface area contributed by atoms with Gasteiger partial charge in [0.05, 0.1) is 5.02 Å². The topological polar surface area (TPSA) is 43.8 Å². The van der Waals surface area contributed by atoms with Crippen LogP contribution in [0.15, 0.2) is 24.3 Å². The fourth-order valence-corrected chi connectivity index (χ4v) is 3.51. The van der Waals surface area contributed by atoms with Crippen LogP contribution in [-0.4, -0.2) is 9.55 Å². The van der Waals surface area contributed by atoms with Gasteiger partial charge in [-0.3, -0.25) is 0 Å². The van der Waals surface area contributed by atoms with Gasteiger partial charge in [0.1, 0.15) is 17.3 Å². The molecule has 4 heteroatoms. The lowest BCUT2D eigenvalue weighted by atomic mass is 10.1. The van der Waals surface area contributed by atoms with Gasteiger partial charge in [0.15, 0.2) is 0 Å². The third-order valence-electron chi connectivity index (χ3n) is 4.33. The lowest BCUT2D eigenvalue weighted by Gasteiger charge is -2.12. The van der Waals surface area contributed by atoms with E-state index in [4.69, 9.17) is 22.3 Å². The van der Waals surface area contributed by atoms with Crippen LogP contribution in [0.3, 0.4) is 0 Å². The van der Waals surface area contributed by atoms with E-state index in [-0.39, 0.29) is 0 Å². The van der Waals surface area contributed by atoms with Crippen molar-refractivity contribution in [2.24, 2.45) is 0 Å². The molecule has 0 unspecified atom stereocenters. The lowest BCUT2D eigenvalue weighted by Crippen LogP contribution is -2.09. The summed E-state index contributed by atoms with van der Waals surface area (Å²) in [6, 6.07) is 7.80. The molecule has 3 rings (SSSR count). The summed E-state index contributed by atoms with van der Waals surface area (Å²) in [5.74, 6) is 2.46. The molecular formula is C17H22ClN3. The fourth-order valence-electron chi connectivity index (χ4n) is 3.29. The van der Waals surface area contributed by atoms with Crippen molar-refractivity contribution in [1.29, 1.82) is 0 Å². The number of benzene rings is 1. The SMILES string of the molecule is CCCn1c(C2CCCC2)nc(-c2ccccc2Cl)c1N. The van der Waals surface area contributed by atoms with Crippen molar-refractivity contribution < 1.29 is 0 Å². The number of aromatic nitrogens is 2. The van der Waals surface area contributed by atoms with E-state index in [1.54, 1.807) is 0 Å². The standard InChI is InChI=1S/C17H22ClN3/c1-2-11-21-16(19)15(13-9-5-6-10-14(13)18)20-17(21)12-7-3-4-8-12/h5-6,9-10,12H,2-4,7-8,11,19H2,1H3. The van der Waals surface area contributed by atoms with Crippen LogP contribution in [0.1, 0.15) is 50.8 Å². The van der Waals surface area contributed by atoms with Crippen molar-refractivity contribution in [2.45, 2.75) is 51.5 Å². The quantitative estimate of drug-likeness (QED) is 0.877. The number of imidazole rings is 1. The average molecular weight is 304 g/mol. The van der Waals surface area contributed by atoms with E-state index in [9.17, 15) is 0 Å². The zero-order valence-electron chi connectivity index (χ0n) is 12.5. The molecule has 0 aliphatic heterocycles. The number of nitrogen functional groups attached to an aromatic ring is 1. The molecular weight excluding hydrogens is 282 g/mol. The van der Waals surface area contributed by atoms with Gasteiger partial charge in [-0.25, -0.2) is 4.98 Å². The van der Waals surface area contributed by atoms with Crippen molar-refractivity contribution in [3.05, 3.63) is 35.1 Å². The Hall–Kier alpha value is -1.48. The molecule has 0 amide bonds. The minimum Gasteiger partial charge on any atom is -0.383 e. The second kappa shape index (κ2) is 6.10. The average Bonchev–Trinajstić information content (AvgIpc) is 3.10. The number of nitrogens with two attached hydrogens (primary N) is 1. The molecule has 2 N–H and O–H groups in total. The van der Waals surface area contributed by atoms with Crippen LogP contribution >= 0.6 is 11.6 Å². The Balaban J connectivity index is 2.09. The molecule has 1 saturated carbocycles. The predicted molar refractivity (Wildman–Crippen MR) is 88.6 cm³/mol. The highest BCUT2D eigenvalue weighted by atomic mass is 35.5. The minimum atomic E-state index is 0.551. The van der Waals surface area contributed by atoms with Crippen LogP contribution in [0.25, 0.3) is 11.3 Å². The molecule has 2 aromatic rings. The molecule has 1 aromatic carbocycles. The summed E-state index contributed by atoms with van der Waals surface area (Å²) < 4.78 is 2.20. The molecule has 21 heavy (non-hydrogen) atoms. The molecule has 1 aliphatic carbocycles. The van der Waals surface area contributed by atoms with E-state index >= 15 is 0 Å². The van der Waals surface area contributed by atoms with Gasteiger partial charge >= 0.3 is 0 Å². The van der Waals surface area contributed by atoms with E-state index in [0.717, 1.165) is 35.9 Å². The number of halogens is 1. The molecule has 0 bridgehead atoms. The van der Waals surface area contributed by atoms with Crippen LogP contribution in [0.5, 0.6) is 0 Å². The summed E-state index contributed by atoms with van der Waals surface area (Å²) in [6.07, 6.45) is 6.10. The molecule has 1 fully saturated rings. The summed E-state index contributed by atoms with van der Waals surface area (Å²) in [6.45, 7) is 3.10. The molecule has 1 heterocycles. The summed E-state index contributed by atoms with van der Waals surface area (Å²) in [4.78, 5) is 4.89. The molecule has 0 spiro atoms. The van der Waals surface area contributed by atoms with Crippen molar-refractivity contribution >= 4 is 17.4 Å². The number of nitrogens with zero attached hydrogens (tertiary/aromatic N) is 2. The summed E-state index contributed by atoms with van der Waals surface area (Å²) in [5.41, 5.74) is 8.18. The first kappa shape index (κ1) is 14.5. The number of hydrogen-bond acceptors (Lipinski definition) is 2. The molecule has 0 saturated heterocycles. The predicted octanol–water partition coefficient (Wildman–Crippen LogP) is 4.85. The number of rotatable bonds is 4. The van der Waals surface area contributed by atoms with Crippen LogP contribution in [0.4, 0.5) is 5.82 Å². The highest BCUT2D eigenvalue weighted by molar-refractivity contribution is 6.33. The van der Waals surface area contributed by atoms with E-state index < -0.39 is 0 Å². The van der Waals surface area contributed by atoms with Crippen LogP contribution in [-0.2, 0) is 6.54 Å². The Morgan fingerprint density at radius 3 is 2.67 bits per heavy atom. The summed E-state index contributed by atoms with van der Waals surface area (Å²) in [5, 5.41) is 0.711. The monoisotopic (exact) mass is 303 g/mol. The van der Waals surface area contributed by atoms with Crippen molar-refractivity contribution in [2.75, 3.05) is 5.73 Å². The van der Waals surface area contributed by atoms with Gasteiger partial charge in [-0.2, -0.15) is 0 Å². The van der Waals surface area contributed by atoms with Crippen molar-refractivity contribution in [3.8, 4) is 11.3 Å². The Morgan fingerprint density at radius 1 is 1.29 bits per heavy atom. The number of anilines is 1. The first-order valence-corrected chi connectivity index (χ1v) is 8.21. The maximum atomic E-state index is 6.40. The van der Waals surface area contributed by atoms with Crippen LogP contribution in [0, 0.1) is 0 Å². The highest BCUT2D eigenvalue weighted by Gasteiger charge is 2.26. The van der Waals surface area contributed by atoms with Gasteiger partial charge in [-0.05, 0) is 25.3 Å². The van der Waals surface area contributed by atoms with E-state index in [0.29, 0.717) is 10.9 Å². The zero-order chi connectivity index (χ0) is 14.8. The van der Waals surface area contributed by atoms with E-state index in [1.165, 1.54) is 25.7 Å². The Kier molecular flexibility index (Phi) is 4.20.